The average molecular weight is 885 g/mol. The number of nitrogens with zero attached hydrogens (tertiary/aromatic N) is 4. The number of rotatable bonds is 8. The van der Waals surface area contributed by atoms with Crippen molar-refractivity contribution in [2.45, 2.75) is 132 Å². The molecule has 0 aliphatic heterocycles. The van der Waals surface area contributed by atoms with Crippen molar-refractivity contribution in [1.82, 2.24) is 0 Å². The van der Waals surface area contributed by atoms with Gasteiger partial charge in [-0.1, -0.05) is 95.2 Å². The van der Waals surface area contributed by atoms with E-state index >= 15 is 0 Å². The Morgan fingerprint density at radius 1 is 0.364 bits per heavy atom. The van der Waals surface area contributed by atoms with Gasteiger partial charge in [0.05, 0.1) is 22.7 Å². The molecule has 6 aromatic rings. The Balaban J connectivity index is 1.41. The second-order valence-corrected chi connectivity index (χ2v) is 21.9. The van der Waals surface area contributed by atoms with Crippen molar-refractivity contribution in [2.24, 2.45) is 20.0 Å². The Bertz CT molecular complexity index is 2780. The molecule has 0 bridgehead atoms. The summed E-state index contributed by atoms with van der Waals surface area (Å²) < 4.78 is 0. The summed E-state index contributed by atoms with van der Waals surface area (Å²) in [5, 5.41) is 46.9. The number of phenolic OH excluding ortho intramolecular Hbond substituents is 4. The summed E-state index contributed by atoms with van der Waals surface area (Å²) >= 11 is 0. The van der Waals surface area contributed by atoms with E-state index < -0.39 is 0 Å². The van der Waals surface area contributed by atoms with Crippen molar-refractivity contribution >= 4 is 58.4 Å². The fourth-order valence-corrected chi connectivity index (χ4v) is 7.75. The molecule has 0 aliphatic rings. The van der Waals surface area contributed by atoms with E-state index in [9.17, 15) is 20.4 Å². The molecule has 0 aliphatic carbocycles. The highest BCUT2D eigenvalue weighted by Gasteiger charge is 2.26. The Morgan fingerprint density at radius 2 is 0.652 bits per heavy atom. The SMILES string of the molecule is Cc1cc(N=Cc2cc(C(C)(C)C)cc(C(C)(C)C)c2O)c(N=Cc2c(O)ccc3c(C=Nc4cc(C)c(C)cc4N=Cc4cc(C(C)(C)C)cc(C(C)(C)C)c4O)c(O)ccc23)cc1C. The number of benzene rings is 6. The Labute approximate surface area is 392 Å². The van der Waals surface area contributed by atoms with Crippen LogP contribution in [-0.4, -0.2) is 45.3 Å². The van der Waals surface area contributed by atoms with Gasteiger partial charge in [-0.3, -0.25) is 20.0 Å². The maximum atomic E-state index is 11.5. The Morgan fingerprint density at radius 3 is 0.924 bits per heavy atom. The summed E-state index contributed by atoms with van der Waals surface area (Å²) in [6.07, 6.45) is 6.66. The lowest BCUT2D eigenvalue weighted by Crippen LogP contribution is -2.17. The van der Waals surface area contributed by atoms with Gasteiger partial charge in [-0.2, -0.15) is 0 Å². The topological polar surface area (TPSA) is 130 Å². The first-order valence-electron chi connectivity index (χ1n) is 22.7. The average Bonchev–Trinajstić information content (AvgIpc) is 3.20. The summed E-state index contributed by atoms with van der Waals surface area (Å²) in [5.74, 6) is 0.447. The maximum absolute atomic E-state index is 11.5. The zero-order valence-electron chi connectivity index (χ0n) is 41.8. The first-order chi connectivity index (χ1) is 30.5. The van der Waals surface area contributed by atoms with Crippen LogP contribution in [0.25, 0.3) is 10.8 Å². The van der Waals surface area contributed by atoms with Crippen LogP contribution < -0.4 is 0 Å². The van der Waals surface area contributed by atoms with Crippen LogP contribution in [0.3, 0.4) is 0 Å². The smallest absolute Gasteiger partial charge is 0.128 e. The van der Waals surface area contributed by atoms with Gasteiger partial charge in [-0.05, 0) is 154 Å². The fraction of sp³-hybridized carbons (Fsp3) is 0.345. The Hall–Kier alpha value is -6.54. The van der Waals surface area contributed by atoms with Crippen LogP contribution in [0, 0.1) is 27.7 Å². The van der Waals surface area contributed by atoms with Crippen LogP contribution in [0.5, 0.6) is 23.0 Å². The number of aryl methyl sites for hydroxylation is 4. The molecule has 0 amide bonds. The summed E-state index contributed by atoms with van der Waals surface area (Å²) in [6, 6.07) is 22.8. The van der Waals surface area contributed by atoms with Gasteiger partial charge >= 0.3 is 0 Å². The molecule has 8 heteroatoms. The van der Waals surface area contributed by atoms with Gasteiger partial charge in [-0.15, -0.1) is 0 Å². The molecule has 8 nitrogen and oxygen atoms in total. The molecule has 4 N–H and O–H groups in total. The second-order valence-electron chi connectivity index (χ2n) is 21.9. The standard InChI is InChI=1S/C58H68N4O4/c1-33-21-47(59-29-37-25-39(55(5,6)7)27-45(53(37)65)57(11,12)13)49(23-35(33)3)61-31-43-41-17-20-52(64)44(42(41)18-19-51(43)63)32-62-50-24-36(4)34(2)22-48(50)60-30-38-26-40(56(8,9)10)28-46(54(38)66)58(14,15)16/h17-32,63-66H,1-16H3. The molecule has 0 saturated carbocycles. The first-order valence-corrected chi connectivity index (χ1v) is 22.7. The summed E-state index contributed by atoms with van der Waals surface area (Å²) in [4.78, 5) is 19.6. The van der Waals surface area contributed by atoms with Crippen molar-refractivity contribution in [3.63, 3.8) is 0 Å². The molecule has 0 fully saturated rings. The van der Waals surface area contributed by atoms with Crippen LogP contribution in [0.1, 0.15) is 150 Å². The van der Waals surface area contributed by atoms with Crippen LogP contribution >= 0.6 is 0 Å². The van der Waals surface area contributed by atoms with Crippen LogP contribution in [0.4, 0.5) is 22.7 Å². The molecule has 0 heterocycles. The molecule has 66 heavy (non-hydrogen) atoms. The number of phenols is 4. The van der Waals surface area contributed by atoms with E-state index in [1.54, 1.807) is 49.1 Å². The molecular weight excluding hydrogens is 817 g/mol. The fourth-order valence-electron chi connectivity index (χ4n) is 7.75. The zero-order valence-corrected chi connectivity index (χ0v) is 41.8. The number of fused-ring (bicyclic) bond motifs is 1. The predicted octanol–water partition coefficient (Wildman–Crippen LogP) is 15.1. The van der Waals surface area contributed by atoms with Gasteiger partial charge in [0, 0.05) is 58.2 Å². The van der Waals surface area contributed by atoms with Crippen LogP contribution in [0.15, 0.2) is 92.8 Å². The van der Waals surface area contributed by atoms with Gasteiger partial charge in [0.15, 0.2) is 0 Å². The van der Waals surface area contributed by atoms with Gasteiger partial charge < -0.3 is 20.4 Å². The zero-order chi connectivity index (χ0) is 48.8. The molecule has 0 radical (unpaired) electrons. The van der Waals surface area contributed by atoms with E-state index in [1.165, 1.54) is 0 Å². The number of hydrogen-bond donors (Lipinski definition) is 4. The van der Waals surface area contributed by atoms with Gasteiger partial charge in [0.1, 0.15) is 23.0 Å². The first kappa shape index (κ1) is 48.9. The highest BCUT2D eigenvalue weighted by molar-refractivity contribution is 6.10. The monoisotopic (exact) mass is 885 g/mol. The number of aliphatic imine (C=N–C) groups is 4. The highest BCUT2D eigenvalue weighted by Crippen LogP contribution is 2.41. The van der Waals surface area contributed by atoms with E-state index in [0.717, 1.165) is 44.5 Å². The molecule has 0 spiro atoms. The van der Waals surface area contributed by atoms with E-state index in [2.05, 4.69) is 95.2 Å². The third-order valence-corrected chi connectivity index (χ3v) is 12.4. The predicted molar refractivity (Wildman–Crippen MR) is 279 cm³/mol. The van der Waals surface area contributed by atoms with Crippen molar-refractivity contribution in [2.75, 3.05) is 0 Å². The minimum atomic E-state index is -0.286. The largest absolute Gasteiger partial charge is 0.507 e. The van der Waals surface area contributed by atoms with Crippen LogP contribution in [-0.2, 0) is 21.7 Å². The molecule has 0 atom stereocenters. The summed E-state index contributed by atoms with van der Waals surface area (Å²) in [5.41, 5.74) is 11.7. The lowest BCUT2D eigenvalue weighted by atomic mass is 9.79. The van der Waals surface area contributed by atoms with Gasteiger partial charge in [0.25, 0.3) is 0 Å². The molecule has 0 unspecified atom stereocenters. The van der Waals surface area contributed by atoms with Crippen molar-refractivity contribution in [3.8, 4) is 23.0 Å². The molecular formula is C58H68N4O4. The third-order valence-electron chi connectivity index (χ3n) is 12.4. The summed E-state index contributed by atoms with van der Waals surface area (Å²) in [6.45, 7) is 33.6. The highest BCUT2D eigenvalue weighted by atomic mass is 16.3. The van der Waals surface area contributed by atoms with E-state index in [-0.39, 0.29) is 44.7 Å². The second kappa shape index (κ2) is 18.0. The van der Waals surface area contributed by atoms with Crippen molar-refractivity contribution in [3.05, 3.63) is 140 Å². The summed E-state index contributed by atoms with van der Waals surface area (Å²) in [7, 11) is 0. The van der Waals surface area contributed by atoms with Crippen molar-refractivity contribution < 1.29 is 20.4 Å². The molecule has 344 valence electrons. The van der Waals surface area contributed by atoms with Crippen molar-refractivity contribution in [1.29, 1.82) is 0 Å². The minimum absolute atomic E-state index is 0.0199. The molecule has 6 rings (SSSR count). The molecule has 6 aromatic carbocycles. The minimum Gasteiger partial charge on any atom is -0.507 e. The Kier molecular flexibility index (Phi) is 13.4. The van der Waals surface area contributed by atoms with E-state index in [1.807, 2.05) is 64.1 Å². The lowest BCUT2D eigenvalue weighted by Gasteiger charge is -2.27. The van der Waals surface area contributed by atoms with E-state index in [4.69, 9.17) is 20.0 Å². The normalized spacial score (nSPS) is 13.2. The molecule has 0 aromatic heterocycles. The third kappa shape index (κ3) is 10.6. The number of aromatic hydroxyl groups is 4. The lowest BCUT2D eigenvalue weighted by molar-refractivity contribution is 0.443. The van der Waals surface area contributed by atoms with Crippen LogP contribution in [0.2, 0.25) is 0 Å². The number of hydrogen-bond acceptors (Lipinski definition) is 8. The maximum Gasteiger partial charge on any atom is 0.128 e. The quantitative estimate of drug-likeness (QED) is 0.113. The van der Waals surface area contributed by atoms with Gasteiger partial charge in [-0.25, -0.2) is 0 Å². The van der Waals surface area contributed by atoms with Gasteiger partial charge in [0.2, 0.25) is 0 Å². The molecule has 0 saturated heterocycles. The van der Waals surface area contributed by atoms with E-state index in [0.29, 0.717) is 55.8 Å².